The lowest BCUT2D eigenvalue weighted by atomic mass is 10.3. The van der Waals surface area contributed by atoms with Crippen LogP contribution in [0.15, 0.2) is 22.7 Å². The Balaban J connectivity index is 2.26. The third kappa shape index (κ3) is 2.68. The van der Waals surface area contributed by atoms with Crippen molar-refractivity contribution in [3.63, 3.8) is 0 Å². The number of nitrogens with zero attached hydrogens (tertiary/aromatic N) is 1. The number of nitrogens with one attached hydrogen (secondary N) is 1. The molecule has 0 aliphatic heterocycles. The molecule has 7 heteroatoms. The van der Waals surface area contributed by atoms with E-state index in [1.165, 1.54) is 12.1 Å². The minimum absolute atomic E-state index is 0.112. The van der Waals surface area contributed by atoms with Crippen molar-refractivity contribution < 1.29 is 9.18 Å². The van der Waals surface area contributed by atoms with Crippen molar-refractivity contribution in [3.8, 4) is 0 Å². The Morgan fingerprint density at radius 3 is 2.89 bits per heavy atom. The van der Waals surface area contributed by atoms with Gasteiger partial charge >= 0.3 is 0 Å². The van der Waals surface area contributed by atoms with Crippen molar-refractivity contribution >= 4 is 44.0 Å². The first-order valence-electron chi connectivity index (χ1n) is 4.96. The lowest BCUT2D eigenvalue weighted by Gasteiger charge is -2.05. The summed E-state index contributed by atoms with van der Waals surface area (Å²) in [4.78, 5) is 16.3. The molecule has 0 atom stereocenters. The van der Waals surface area contributed by atoms with E-state index in [-0.39, 0.29) is 5.69 Å². The summed E-state index contributed by atoms with van der Waals surface area (Å²) in [7, 11) is 0. The Morgan fingerprint density at radius 1 is 1.56 bits per heavy atom. The van der Waals surface area contributed by atoms with Gasteiger partial charge in [-0.2, -0.15) is 0 Å². The number of rotatable bonds is 2. The summed E-state index contributed by atoms with van der Waals surface area (Å²) in [5.41, 5.74) is 6.16. The molecule has 0 fully saturated rings. The zero-order valence-corrected chi connectivity index (χ0v) is 11.7. The number of nitrogens with two attached hydrogens (primary N) is 1. The zero-order chi connectivity index (χ0) is 13.3. The highest BCUT2D eigenvalue weighted by molar-refractivity contribution is 9.10. The molecule has 0 saturated heterocycles. The van der Waals surface area contributed by atoms with Gasteiger partial charge in [-0.3, -0.25) is 4.79 Å². The van der Waals surface area contributed by atoms with Gasteiger partial charge in [0.25, 0.3) is 5.91 Å². The highest BCUT2D eigenvalue weighted by atomic mass is 79.9. The molecule has 0 unspecified atom stereocenters. The smallest absolute Gasteiger partial charge is 0.267 e. The van der Waals surface area contributed by atoms with Crippen LogP contribution in [-0.4, -0.2) is 10.9 Å². The van der Waals surface area contributed by atoms with Crippen LogP contribution in [0.3, 0.4) is 0 Å². The summed E-state index contributed by atoms with van der Waals surface area (Å²) in [6.07, 6.45) is 0. The molecule has 1 amide bonds. The summed E-state index contributed by atoms with van der Waals surface area (Å²) in [5.74, 6) is -0.916. The second-order valence-corrected chi connectivity index (χ2v) is 5.49. The first-order chi connectivity index (χ1) is 8.47. The Morgan fingerprint density at radius 2 is 2.28 bits per heavy atom. The lowest BCUT2D eigenvalue weighted by molar-refractivity contribution is 0.102. The summed E-state index contributed by atoms with van der Waals surface area (Å²) in [6.45, 7) is 1.68. The van der Waals surface area contributed by atoms with Crippen molar-refractivity contribution in [2.24, 2.45) is 0 Å². The fourth-order valence-corrected chi connectivity index (χ4v) is 2.49. The number of thiazole rings is 1. The average Bonchev–Trinajstić information content (AvgIpc) is 2.63. The van der Waals surface area contributed by atoms with E-state index in [9.17, 15) is 9.18 Å². The van der Waals surface area contributed by atoms with Gasteiger partial charge in [-0.05, 0) is 25.1 Å². The predicted molar refractivity (Wildman–Crippen MR) is 73.3 cm³/mol. The van der Waals surface area contributed by atoms with Gasteiger partial charge < -0.3 is 11.1 Å². The lowest BCUT2D eigenvalue weighted by Crippen LogP contribution is -2.12. The normalized spacial score (nSPS) is 10.4. The molecule has 0 spiro atoms. The molecular weight excluding hydrogens is 321 g/mol. The number of aryl methyl sites for hydroxylation is 1. The van der Waals surface area contributed by atoms with E-state index in [2.05, 4.69) is 26.2 Å². The van der Waals surface area contributed by atoms with Gasteiger partial charge in [-0.15, -0.1) is 0 Å². The molecule has 2 aromatic rings. The van der Waals surface area contributed by atoms with Gasteiger partial charge in [0.05, 0.1) is 11.4 Å². The van der Waals surface area contributed by atoms with E-state index in [4.69, 9.17) is 5.73 Å². The van der Waals surface area contributed by atoms with Gasteiger partial charge in [-0.25, -0.2) is 9.37 Å². The summed E-state index contributed by atoms with van der Waals surface area (Å²) in [5, 5.41) is 2.80. The van der Waals surface area contributed by atoms with Gasteiger partial charge in [-0.1, -0.05) is 27.3 Å². The fourth-order valence-electron chi connectivity index (χ4n) is 1.40. The van der Waals surface area contributed by atoms with Crippen LogP contribution < -0.4 is 11.1 Å². The minimum Gasteiger partial charge on any atom is -0.375 e. The molecule has 1 aromatic carbocycles. The minimum atomic E-state index is -0.498. The van der Waals surface area contributed by atoms with Gasteiger partial charge in [0.15, 0.2) is 5.13 Å². The van der Waals surface area contributed by atoms with Crippen LogP contribution in [0.2, 0.25) is 0 Å². The summed E-state index contributed by atoms with van der Waals surface area (Å²) < 4.78 is 14.2. The number of benzene rings is 1. The molecule has 0 bridgehead atoms. The van der Waals surface area contributed by atoms with Crippen LogP contribution in [0.4, 0.5) is 15.2 Å². The van der Waals surface area contributed by atoms with Crippen molar-refractivity contribution in [2.45, 2.75) is 6.92 Å². The number of hydrogen-bond donors (Lipinski definition) is 2. The van der Waals surface area contributed by atoms with Crippen molar-refractivity contribution in [1.29, 1.82) is 0 Å². The van der Waals surface area contributed by atoms with Gasteiger partial charge in [0.1, 0.15) is 10.7 Å². The fraction of sp³-hybridized carbons (Fsp3) is 0.0909. The monoisotopic (exact) mass is 329 g/mol. The van der Waals surface area contributed by atoms with E-state index >= 15 is 0 Å². The number of amides is 1. The number of nitrogen functional groups attached to an aromatic ring is 1. The van der Waals surface area contributed by atoms with Crippen LogP contribution >= 0.6 is 27.3 Å². The van der Waals surface area contributed by atoms with E-state index in [0.717, 1.165) is 11.3 Å². The number of anilines is 2. The number of halogens is 2. The molecule has 4 nitrogen and oxygen atoms in total. The van der Waals surface area contributed by atoms with Crippen molar-refractivity contribution in [2.75, 3.05) is 11.1 Å². The highest BCUT2D eigenvalue weighted by Gasteiger charge is 2.15. The maximum Gasteiger partial charge on any atom is 0.267 e. The first-order valence-corrected chi connectivity index (χ1v) is 6.57. The van der Waals surface area contributed by atoms with E-state index in [1.54, 1.807) is 13.0 Å². The van der Waals surface area contributed by atoms with E-state index in [0.29, 0.717) is 20.2 Å². The first kappa shape index (κ1) is 13.0. The summed E-state index contributed by atoms with van der Waals surface area (Å²) >= 11 is 4.29. The number of hydrogen-bond acceptors (Lipinski definition) is 4. The predicted octanol–water partition coefficient (Wildman–Crippen LogP) is 3.19. The summed E-state index contributed by atoms with van der Waals surface area (Å²) in [6, 6.07) is 4.32. The molecule has 0 saturated carbocycles. The molecular formula is C11H9BrFN3OS. The molecule has 1 aromatic heterocycles. The molecule has 2 rings (SSSR count). The standard InChI is InChI=1S/C11H9BrFN3OS/c1-5-9(18-11(14)15-5)10(17)16-8-4-6(12)2-3-7(8)13/h2-4H,1H3,(H2,14,15)(H,16,17). The van der Waals surface area contributed by atoms with Gasteiger partial charge in [0.2, 0.25) is 0 Å². The molecule has 0 radical (unpaired) electrons. The van der Waals surface area contributed by atoms with Crippen molar-refractivity contribution in [3.05, 3.63) is 39.1 Å². The van der Waals surface area contributed by atoms with Crippen LogP contribution in [0.25, 0.3) is 0 Å². The van der Waals surface area contributed by atoms with Crippen LogP contribution in [0.1, 0.15) is 15.4 Å². The number of carbonyl (C=O) groups is 1. The Labute approximate surface area is 115 Å². The third-order valence-corrected chi connectivity index (χ3v) is 3.67. The van der Waals surface area contributed by atoms with Gasteiger partial charge in [0, 0.05) is 4.47 Å². The van der Waals surface area contributed by atoms with Crippen molar-refractivity contribution in [1.82, 2.24) is 4.98 Å². The van der Waals surface area contributed by atoms with E-state index in [1.807, 2.05) is 0 Å². The largest absolute Gasteiger partial charge is 0.375 e. The Kier molecular flexibility index (Phi) is 3.63. The molecule has 0 aliphatic carbocycles. The Hall–Kier alpha value is -1.47. The molecule has 94 valence electrons. The maximum absolute atomic E-state index is 13.5. The maximum atomic E-state index is 13.5. The average molecular weight is 330 g/mol. The Bertz CT molecular complexity index is 614. The number of carbonyl (C=O) groups excluding carboxylic acids is 1. The zero-order valence-electron chi connectivity index (χ0n) is 9.33. The molecule has 1 heterocycles. The third-order valence-electron chi connectivity index (χ3n) is 2.20. The number of aromatic nitrogens is 1. The van der Waals surface area contributed by atoms with Crippen LogP contribution in [0, 0.1) is 12.7 Å². The molecule has 18 heavy (non-hydrogen) atoms. The van der Waals surface area contributed by atoms with Crippen LogP contribution in [-0.2, 0) is 0 Å². The molecule has 0 aliphatic rings. The second-order valence-electron chi connectivity index (χ2n) is 3.54. The van der Waals surface area contributed by atoms with E-state index < -0.39 is 11.7 Å². The SMILES string of the molecule is Cc1nc(N)sc1C(=O)Nc1cc(Br)ccc1F. The quantitative estimate of drug-likeness (QED) is 0.889. The van der Waals surface area contributed by atoms with Crippen LogP contribution in [0.5, 0.6) is 0 Å². The second kappa shape index (κ2) is 5.03. The highest BCUT2D eigenvalue weighted by Crippen LogP contribution is 2.24. The topological polar surface area (TPSA) is 68.0 Å². The molecule has 3 N–H and O–H groups in total.